The first kappa shape index (κ1) is 13.6. The largest absolute Gasteiger partial charge is 0.481 e. The van der Waals surface area contributed by atoms with Gasteiger partial charge in [0.25, 0.3) is 0 Å². The topological polar surface area (TPSA) is 74.7 Å². The van der Waals surface area contributed by atoms with Gasteiger partial charge in [0.15, 0.2) is 0 Å². The van der Waals surface area contributed by atoms with Crippen LogP contribution in [0.4, 0.5) is 0 Å². The lowest BCUT2D eigenvalue weighted by Gasteiger charge is -2.33. The molecule has 2 aliphatic carbocycles. The molecule has 2 saturated carbocycles. The number of hydrogen-bond acceptors (Lipinski definition) is 3. The molecule has 3 fully saturated rings. The fourth-order valence-electron chi connectivity index (χ4n) is 4.21. The standard InChI is InChI=1S/C15H21NO4/c17-12-9-15(7-1-2-8-15)14(20)16(12)11-5-3-10(4-6-11)13(18)19/h10-11H,1-9H2,(H,18,19). The molecular weight excluding hydrogens is 258 g/mol. The Morgan fingerprint density at radius 2 is 1.70 bits per heavy atom. The first-order valence-electron chi connectivity index (χ1n) is 7.63. The minimum Gasteiger partial charge on any atom is -0.481 e. The van der Waals surface area contributed by atoms with Crippen LogP contribution < -0.4 is 0 Å². The van der Waals surface area contributed by atoms with Crippen molar-refractivity contribution in [1.29, 1.82) is 0 Å². The van der Waals surface area contributed by atoms with Gasteiger partial charge in [-0.05, 0) is 38.5 Å². The molecule has 3 rings (SSSR count). The minimum atomic E-state index is -0.755. The van der Waals surface area contributed by atoms with E-state index in [0.717, 1.165) is 25.7 Å². The fraction of sp³-hybridized carbons (Fsp3) is 0.800. The predicted octanol–water partition coefficient (Wildman–Crippen LogP) is 1.95. The molecule has 1 saturated heterocycles. The second-order valence-electron chi connectivity index (χ2n) is 6.58. The number of nitrogens with zero attached hydrogens (tertiary/aromatic N) is 1. The highest BCUT2D eigenvalue weighted by Crippen LogP contribution is 2.48. The van der Waals surface area contributed by atoms with Gasteiger partial charge in [0.2, 0.25) is 11.8 Å². The Hall–Kier alpha value is -1.39. The number of hydrogen-bond donors (Lipinski definition) is 1. The third-order valence-electron chi connectivity index (χ3n) is 5.40. The second kappa shape index (κ2) is 4.86. The summed E-state index contributed by atoms with van der Waals surface area (Å²) in [5.41, 5.74) is -0.402. The number of likely N-dealkylation sites (tertiary alicyclic amines) is 1. The van der Waals surface area contributed by atoms with E-state index in [9.17, 15) is 14.4 Å². The molecule has 1 N–H and O–H groups in total. The van der Waals surface area contributed by atoms with Crippen LogP contribution >= 0.6 is 0 Å². The molecule has 0 atom stereocenters. The summed E-state index contributed by atoms with van der Waals surface area (Å²) in [6.07, 6.45) is 6.59. The monoisotopic (exact) mass is 279 g/mol. The third kappa shape index (κ3) is 2.03. The van der Waals surface area contributed by atoms with Crippen molar-refractivity contribution in [2.45, 2.75) is 63.8 Å². The molecule has 20 heavy (non-hydrogen) atoms. The molecule has 0 aromatic carbocycles. The number of imide groups is 1. The molecule has 110 valence electrons. The molecule has 3 aliphatic rings. The van der Waals surface area contributed by atoms with E-state index in [1.165, 1.54) is 4.90 Å². The number of carbonyl (C=O) groups is 3. The molecule has 1 spiro atoms. The van der Waals surface area contributed by atoms with Crippen molar-refractivity contribution in [3.8, 4) is 0 Å². The molecule has 1 heterocycles. The highest BCUT2D eigenvalue weighted by atomic mass is 16.4. The number of amides is 2. The highest BCUT2D eigenvalue weighted by molar-refractivity contribution is 6.06. The lowest BCUT2D eigenvalue weighted by Crippen LogP contribution is -2.44. The molecule has 0 bridgehead atoms. The Labute approximate surface area is 118 Å². The summed E-state index contributed by atoms with van der Waals surface area (Å²) in [5.74, 6) is -1.07. The Morgan fingerprint density at radius 1 is 1.10 bits per heavy atom. The normalized spacial score (nSPS) is 33.1. The quantitative estimate of drug-likeness (QED) is 0.784. The van der Waals surface area contributed by atoms with Crippen LogP contribution in [0.1, 0.15) is 57.8 Å². The Kier molecular flexibility index (Phi) is 3.30. The van der Waals surface area contributed by atoms with E-state index in [1.807, 2.05) is 0 Å². The number of rotatable bonds is 2. The van der Waals surface area contributed by atoms with Gasteiger partial charge in [-0.15, -0.1) is 0 Å². The summed E-state index contributed by atoms with van der Waals surface area (Å²) in [6.45, 7) is 0. The van der Waals surface area contributed by atoms with Crippen LogP contribution in [0, 0.1) is 11.3 Å². The van der Waals surface area contributed by atoms with Gasteiger partial charge < -0.3 is 5.11 Å². The highest BCUT2D eigenvalue weighted by Gasteiger charge is 2.54. The smallest absolute Gasteiger partial charge is 0.306 e. The maximum absolute atomic E-state index is 12.6. The first-order valence-corrected chi connectivity index (χ1v) is 7.63. The molecule has 5 heteroatoms. The van der Waals surface area contributed by atoms with E-state index >= 15 is 0 Å². The van der Waals surface area contributed by atoms with Gasteiger partial charge in [-0.25, -0.2) is 0 Å². The summed E-state index contributed by atoms with van der Waals surface area (Å²) in [4.78, 5) is 37.3. The maximum atomic E-state index is 12.6. The van der Waals surface area contributed by atoms with Gasteiger partial charge in [0, 0.05) is 12.5 Å². The van der Waals surface area contributed by atoms with Crippen molar-refractivity contribution in [3.05, 3.63) is 0 Å². The molecule has 0 unspecified atom stereocenters. The van der Waals surface area contributed by atoms with Crippen LogP contribution in [-0.4, -0.2) is 33.8 Å². The first-order chi connectivity index (χ1) is 9.53. The van der Waals surface area contributed by atoms with Crippen molar-refractivity contribution in [2.75, 3.05) is 0 Å². The molecule has 1 aliphatic heterocycles. The predicted molar refractivity (Wildman–Crippen MR) is 70.8 cm³/mol. The van der Waals surface area contributed by atoms with E-state index in [1.54, 1.807) is 0 Å². The second-order valence-corrected chi connectivity index (χ2v) is 6.58. The van der Waals surface area contributed by atoms with E-state index in [0.29, 0.717) is 32.1 Å². The van der Waals surface area contributed by atoms with Gasteiger partial charge >= 0.3 is 5.97 Å². The van der Waals surface area contributed by atoms with Gasteiger partial charge in [0.05, 0.1) is 11.3 Å². The van der Waals surface area contributed by atoms with Crippen LogP contribution in [0.3, 0.4) is 0 Å². The van der Waals surface area contributed by atoms with Crippen molar-refractivity contribution in [1.82, 2.24) is 4.90 Å². The number of carbonyl (C=O) groups excluding carboxylic acids is 2. The summed E-state index contributed by atoms with van der Waals surface area (Å²) >= 11 is 0. The SMILES string of the molecule is O=C(O)C1CCC(N2C(=O)CC3(CCCC3)C2=O)CC1. The summed E-state index contributed by atoms with van der Waals surface area (Å²) < 4.78 is 0. The van der Waals surface area contributed by atoms with Gasteiger partial charge in [0.1, 0.15) is 0 Å². The average Bonchev–Trinajstić information content (AvgIpc) is 2.97. The van der Waals surface area contributed by atoms with E-state index in [2.05, 4.69) is 0 Å². The molecule has 0 aromatic heterocycles. The maximum Gasteiger partial charge on any atom is 0.306 e. The van der Waals surface area contributed by atoms with Crippen molar-refractivity contribution in [3.63, 3.8) is 0 Å². The minimum absolute atomic E-state index is 0.0266. The van der Waals surface area contributed by atoms with Crippen molar-refractivity contribution >= 4 is 17.8 Å². The van der Waals surface area contributed by atoms with Gasteiger partial charge in [-0.2, -0.15) is 0 Å². The summed E-state index contributed by atoms with van der Waals surface area (Å²) in [6, 6.07) is -0.0643. The molecule has 0 radical (unpaired) electrons. The van der Waals surface area contributed by atoms with E-state index in [4.69, 9.17) is 5.11 Å². The van der Waals surface area contributed by atoms with Gasteiger partial charge in [-0.3, -0.25) is 19.3 Å². The Bertz CT molecular complexity index is 445. The molecular formula is C15H21NO4. The number of carboxylic acid groups (broad SMARTS) is 1. The number of aliphatic carboxylic acids is 1. The average molecular weight is 279 g/mol. The lowest BCUT2D eigenvalue weighted by atomic mass is 9.83. The van der Waals surface area contributed by atoms with Crippen molar-refractivity contribution < 1.29 is 19.5 Å². The van der Waals surface area contributed by atoms with Crippen LogP contribution in [0.2, 0.25) is 0 Å². The lowest BCUT2D eigenvalue weighted by molar-refractivity contribution is -0.146. The number of carboxylic acids is 1. The van der Waals surface area contributed by atoms with Crippen LogP contribution in [0.15, 0.2) is 0 Å². The van der Waals surface area contributed by atoms with E-state index < -0.39 is 11.4 Å². The third-order valence-corrected chi connectivity index (χ3v) is 5.40. The van der Waals surface area contributed by atoms with Gasteiger partial charge in [-0.1, -0.05) is 12.8 Å². The molecule has 2 amide bonds. The van der Waals surface area contributed by atoms with E-state index in [-0.39, 0.29) is 23.8 Å². The summed E-state index contributed by atoms with van der Waals surface area (Å²) in [5, 5.41) is 9.01. The van der Waals surface area contributed by atoms with Crippen LogP contribution in [-0.2, 0) is 14.4 Å². The molecule has 0 aromatic rings. The summed E-state index contributed by atoms with van der Waals surface area (Å²) in [7, 11) is 0. The molecule has 5 nitrogen and oxygen atoms in total. The Morgan fingerprint density at radius 3 is 2.25 bits per heavy atom. The fourth-order valence-corrected chi connectivity index (χ4v) is 4.21. The van der Waals surface area contributed by atoms with Crippen molar-refractivity contribution in [2.24, 2.45) is 11.3 Å². The van der Waals surface area contributed by atoms with Crippen LogP contribution in [0.25, 0.3) is 0 Å². The Balaban J connectivity index is 1.70. The van der Waals surface area contributed by atoms with Crippen LogP contribution in [0.5, 0.6) is 0 Å². The zero-order valence-corrected chi connectivity index (χ0v) is 11.6. The zero-order valence-electron chi connectivity index (χ0n) is 11.6. The zero-order chi connectivity index (χ0) is 14.3.